The number of carbonyl (C=O) groups is 2. The highest BCUT2D eigenvalue weighted by atomic mass is 19.4. The van der Waals surface area contributed by atoms with Gasteiger partial charge in [0, 0.05) is 29.9 Å². The lowest BCUT2D eigenvalue weighted by Crippen LogP contribution is -2.38. The molecule has 2 aromatic rings. The standard InChI is InChI=1S/C21H21F3N2O2/c1-14-9-11-26(12-10-14)20(28)16-4-2-3-15(13-16)19(27)25-18-7-5-17(6-8-18)21(22,23)24/h2-8,13-14H,9-12H2,1H3,(H,25,27). The van der Waals surface area contributed by atoms with Crippen LogP contribution in [0, 0.1) is 5.92 Å². The van der Waals surface area contributed by atoms with E-state index in [1.807, 2.05) is 0 Å². The Kier molecular flexibility index (Phi) is 5.72. The van der Waals surface area contributed by atoms with Crippen molar-refractivity contribution in [2.24, 2.45) is 5.92 Å². The number of benzene rings is 2. The second-order valence-corrected chi connectivity index (χ2v) is 7.08. The van der Waals surface area contributed by atoms with Gasteiger partial charge in [-0.25, -0.2) is 0 Å². The minimum Gasteiger partial charge on any atom is -0.339 e. The maximum absolute atomic E-state index is 12.7. The summed E-state index contributed by atoms with van der Waals surface area (Å²) in [4.78, 5) is 26.9. The van der Waals surface area contributed by atoms with Crippen LogP contribution in [0.5, 0.6) is 0 Å². The summed E-state index contributed by atoms with van der Waals surface area (Å²) in [5, 5.41) is 2.56. The van der Waals surface area contributed by atoms with Gasteiger partial charge in [0.2, 0.25) is 0 Å². The monoisotopic (exact) mass is 390 g/mol. The molecule has 0 aliphatic carbocycles. The summed E-state index contributed by atoms with van der Waals surface area (Å²) in [6.07, 6.45) is -2.51. The zero-order valence-electron chi connectivity index (χ0n) is 15.4. The average molecular weight is 390 g/mol. The Bertz CT molecular complexity index is 855. The fraction of sp³-hybridized carbons (Fsp3) is 0.333. The van der Waals surface area contributed by atoms with E-state index in [2.05, 4.69) is 12.2 Å². The van der Waals surface area contributed by atoms with Crippen LogP contribution in [0.4, 0.5) is 18.9 Å². The Morgan fingerprint density at radius 1 is 1.00 bits per heavy atom. The van der Waals surface area contributed by atoms with Gasteiger partial charge in [-0.3, -0.25) is 9.59 Å². The number of alkyl halides is 3. The first-order chi connectivity index (χ1) is 13.2. The Labute approximate surface area is 161 Å². The van der Waals surface area contributed by atoms with Gasteiger partial charge in [-0.15, -0.1) is 0 Å². The molecule has 1 saturated heterocycles. The fourth-order valence-corrected chi connectivity index (χ4v) is 3.13. The number of carbonyl (C=O) groups excluding carboxylic acids is 2. The van der Waals surface area contributed by atoms with Crippen molar-refractivity contribution in [3.63, 3.8) is 0 Å². The van der Waals surface area contributed by atoms with Gasteiger partial charge in [0.25, 0.3) is 11.8 Å². The predicted octanol–water partition coefficient (Wildman–Crippen LogP) is 4.83. The van der Waals surface area contributed by atoms with E-state index < -0.39 is 17.6 Å². The summed E-state index contributed by atoms with van der Waals surface area (Å²) < 4.78 is 37.9. The molecule has 2 aromatic carbocycles. The highest BCUT2D eigenvalue weighted by Gasteiger charge is 2.30. The van der Waals surface area contributed by atoms with Crippen molar-refractivity contribution in [2.45, 2.75) is 25.9 Å². The van der Waals surface area contributed by atoms with Crippen LogP contribution in [0.15, 0.2) is 48.5 Å². The number of nitrogens with one attached hydrogen (secondary N) is 1. The summed E-state index contributed by atoms with van der Waals surface area (Å²) in [6, 6.07) is 10.6. The van der Waals surface area contributed by atoms with Gasteiger partial charge in [0.1, 0.15) is 0 Å². The van der Waals surface area contributed by atoms with E-state index in [0.717, 1.165) is 25.0 Å². The molecular weight excluding hydrogens is 369 g/mol. The number of anilines is 1. The molecule has 0 atom stereocenters. The summed E-state index contributed by atoms with van der Waals surface area (Å²) in [5.74, 6) is 0.00246. The third kappa shape index (κ3) is 4.71. The molecule has 3 rings (SSSR count). The summed E-state index contributed by atoms with van der Waals surface area (Å²) in [7, 11) is 0. The van der Waals surface area contributed by atoms with E-state index in [9.17, 15) is 22.8 Å². The molecule has 0 unspecified atom stereocenters. The van der Waals surface area contributed by atoms with Gasteiger partial charge in [-0.05, 0) is 61.2 Å². The zero-order chi connectivity index (χ0) is 20.3. The molecule has 0 spiro atoms. The average Bonchev–Trinajstić information content (AvgIpc) is 2.68. The molecule has 148 valence electrons. The molecule has 4 nitrogen and oxygen atoms in total. The van der Waals surface area contributed by atoms with E-state index in [0.29, 0.717) is 24.6 Å². The third-order valence-electron chi connectivity index (χ3n) is 4.91. The zero-order valence-corrected chi connectivity index (χ0v) is 15.4. The molecule has 1 heterocycles. The van der Waals surface area contributed by atoms with Crippen molar-refractivity contribution in [1.29, 1.82) is 0 Å². The van der Waals surface area contributed by atoms with E-state index in [4.69, 9.17) is 0 Å². The third-order valence-corrected chi connectivity index (χ3v) is 4.91. The van der Waals surface area contributed by atoms with E-state index >= 15 is 0 Å². The van der Waals surface area contributed by atoms with E-state index in [-0.39, 0.29) is 17.2 Å². The Hall–Kier alpha value is -2.83. The maximum atomic E-state index is 12.7. The number of nitrogens with zero attached hydrogens (tertiary/aromatic N) is 1. The summed E-state index contributed by atoms with van der Waals surface area (Å²) >= 11 is 0. The van der Waals surface area contributed by atoms with Gasteiger partial charge >= 0.3 is 6.18 Å². The highest BCUT2D eigenvalue weighted by molar-refractivity contribution is 6.06. The van der Waals surface area contributed by atoms with E-state index in [1.165, 1.54) is 18.2 Å². The predicted molar refractivity (Wildman–Crippen MR) is 100 cm³/mol. The van der Waals surface area contributed by atoms with Crippen LogP contribution >= 0.6 is 0 Å². The number of halogens is 3. The van der Waals surface area contributed by atoms with Gasteiger partial charge in [-0.2, -0.15) is 13.2 Å². The summed E-state index contributed by atoms with van der Waals surface area (Å²) in [6.45, 7) is 3.55. The van der Waals surface area contributed by atoms with Gasteiger partial charge in [-0.1, -0.05) is 13.0 Å². The van der Waals surface area contributed by atoms with E-state index in [1.54, 1.807) is 23.1 Å². The lowest BCUT2D eigenvalue weighted by atomic mass is 9.98. The first-order valence-corrected chi connectivity index (χ1v) is 9.12. The molecule has 1 N–H and O–H groups in total. The van der Waals surface area contributed by atoms with Crippen LogP contribution in [-0.2, 0) is 6.18 Å². The number of rotatable bonds is 3. The largest absolute Gasteiger partial charge is 0.416 e. The molecule has 0 aromatic heterocycles. The van der Waals surface area contributed by atoms with Crippen LogP contribution in [0.1, 0.15) is 46.0 Å². The molecule has 1 fully saturated rings. The van der Waals surface area contributed by atoms with Crippen molar-refractivity contribution < 1.29 is 22.8 Å². The SMILES string of the molecule is CC1CCN(C(=O)c2cccc(C(=O)Nc3ccc(C(F)(F)F)cc3)c2)CC1. The van der Waals surface area contributed by atoms with Gasteiger partial charge in [0.15, 0.2) is 0 Å². The summed E-state index contributed by atoms with van der Waals surface area (Å²) in [5.41, 5.74) is 0.166. The van der Waals surface area contributed by atoms with Crippen molar-refractivity contribution in [1.82, 2.24) is 4.90 Å². The van der Waals surface area contributed by atoms with Crippen molar-refractivity contribution in [3.05, 3.63) is 65.2 Å². The number of amides is 2. The minimum absolute atomic E-state index is 0.115. The smallest absolute Gasteiger partial charge is 0.339 e. The molecule has 1 aliphatic heterocycles. The molecule has 0 bridgehead atoms. The van der Waals surface area contributed by atoms with Crippen molar-refractivity contribution >= 4 is 17.5 Å². The first-order valence-electron chi connectivity index (χ1n) is 9.12. The second kappa shape index (κ2) is 8.04. The molecule has 0 radical (unpaired) electrons. The van der Waals surface area contributed by atoms with Crippen molar-refractivity contribution in [2.75, 3.05) is 18.4 Å². The molecule has 7 heteroatoms. The number of likely N-dealkylation sites (tertiary alicyclic amines) is 1. The second-order valence-electron chi connectivity index (χ2n) is 7.08. The number of piperidine rings is 1. The quantitative estimate of drug-likeness (QED) is 0.816. The Morgan fingerprint density at radius 3 is 2.21 bits per heavy atom. The molecule has 28 heavy (non-hydrogen) atoms. The molecule has 1 aliphatic rings. The highest BCUT2D eigenvalue weighted by Crippen LogP contribution is 2.30. The Balaban J connectivity index is 1.69. The Morgan fingerprint density at radius 2 is 1.61 bits per heavy atom. The first kappa shape index (κ1) is 19.9. The number of hydrogen-bond acceptors (Lipinski definition) is 2. The van der Waals surface area contributed by atoms with Crippen LogP contribution in [0.2, 0.25) is 0 Å². The number of hydrogen-bond donors (Lipinski definition) is 1. The van der Waals surface area contributed by atoms with Crippen LogP contribution in [0.3, 0.4) is 0 Å². The van der Waals surface area contributed by atoms with Gasteiger partial charge < -0.3 is 10.2 Å². The molecule has 0 saturated carbocycles. The molecular formula is C21H21F3N2O2. The van der Waals surface area contributed by atoms with Crippen LogP contribution < -0.4 is 5.32 Å². The maximum Gasteiger partial charge on any atom is 0.416 e. The lowest BCUT2D eigenvalue weighted by Gasteiger charge is -2.30. The fourth-order valence-electron chi connectivity index (χ4n) is 3.13. The molecule has 2 amide bonds. The topological polar surface area (TPSA) is 49.4 Å². The van der Waals surface area contributed by atoms with Crippen molar-refractivity contribution in [3.8, 4) is 0 Å². The lowest BCUT2D eigenvalue weighted by molar-refractivity contribution is -0.137. The van der Waals surface area contributed by atoms with Crippen LogP contribution in [0.25, 0.3) is 0 Å². The minimum atomic E-state index is -4.43. The van der Waals surface area contributed by atoms with Crippen LogP contribution in [-0.4, -0.2) is 29.8 Å². The normalized spacial score (nSPS) is 15.4. The van der Waals surface area contributed by atoms with Gasteiger partial charge in [0.05, 0.1) is 5.56 Å².